The third kappa shape index (κ3) is 4.10. The summed E-state index contributed by atoms with van der Waals surface area (Å²) in [4.78, 5) is 11.7. The summed E-state index contributed by atoms with van der Waals surface area (Å²) in [5.41, 5.74) is -1.76. The number of aromatic nitrogens is 2. The smallest absolute Gasteiger partial charge is 0.388 e. The summed E-state index contributed by atoms with van der Waals surface area (Å²) in [7, 11) is 0. The molecule has 21 heavy (non-hydrogen) atoms. The Labute approximate surface area is 123 Å². The zero-order valence-electron chi connectivity index (χ0n) is 11.1. The van der Waals surface area contributed by atoms with Gasteiger partial charge in [-0.3, -0.25) is 4.79 Å². The van der Waals surface area contributed by atoms with E-state index >= 15 is 0 Å². The van der Waals surface area contributed by atoms with E-state index in [2.05, 4.69) is 10.4 Å². The molecule has 0 aliphatic heterocycles. The summed E-state index contributed by atoms with van der Waals surface area (Å²) in [6.07, 6.45) is -0.386. The van der Waals surface area contributed by atoms with Crippen LogP contribution in [0, 0.1) is 0 Å². The van der Waals surface area contributed by atoms with Gasteiger partial charge in [-0.15, -0.1) is 0 Å². The molecule has 0 bridgehead atoms. The SMILES string of the molecule is O=c1c(Cl)c(NCC2(O)CCCC2)cnn1CC(F)(F)F. The first-order chi connectivity index (χ1) is 9.70. The molecule has 1 aromatic heterocycles. The van der Waals surface area contributed by atoms with Crippen LogP contribution in [0.25, 0.3) is 0 Å². The summed E-state index contributed by atoms with van der Waals surface area (Å²) in [6, 6.07) is 0. The average molecular weight is 326 g/mol. The number of nitrogens with zero attached hydrogens (tertiary/aromatic N) is 2. The molecule has 1 saturated carbocycles. The monoisotopic (exact) mass is 325 g/mol. The van der Waals surface area contributed by atoms with Crippen molar-refractivity contribution in [3.05, 3.63) is 21.6 Å². The number of aliphatic hydroxyl groups is 1. The van der Waals surface area contributed by atoms with Gasteiger partial charge in [0.05, 0.1) is 17.5 Å². The van der Waals surface area contributed by atoms with Crippen molar-refractivity contribution in [2.75, 3.05) is 11.9 Å². The molecule has 118 valence electrons. The van der Waals surface area contributed by atoms with E-state index in [9.17, 15) is 23.1 Å². The van der Waals surface area contributed by atoms with Gasteiger partial charge in [-0.05, 0) is 12.8 Å². The highest BCUT2D eigenvalue weighted by molar-refractivity contribution is 6.32. The van der Waals surface area contributed by atoms with E-state index in [0.29, 0.717) is 12.8 Å². The van der Waals surface area contributed by atoms with Gasteiger partial charge in [0, 0.05) is 6.54 Å². The van der Waals surface area contributed by atoms with Crippen LogP contribution in [-0.2, 0) is 6.54 Å². The van der Waals surface area contributed by atoms with E-state index in [1.165, 1.54) is 0 Å². The van der Waals surface area contributed by atoms with Crippen LogP contribution < -0.4 is 10.9 Å². The quantitative estimate of drug-likeness (QED) is 0.890. The van der Waals surface area contributed by atoms with Crippen LogP contribution in [0.15, 0.2) is 11.0 Å². The highest BCUT2D eigenvalue weighted by Crippen LogP contribution is 2.30. The number of nitrogens with one attached hydrogen (secondary N) is 1. The van der Waals surface area contributed by atoms with Crippen LogP contribution in [0.2, 0.25) is 5.02 Å². The van der Waals surface area contributed by atoms with Crippen LogP contribution in [0.4, 0.5) is 18.9 Å². The molecule has 0 saturated heterocycles. The number of halogens is 4. The molecule has 0 atom stereocenters. The van der Waals surface area contributed by atoms with Crippen LogP contribution >= 0.6 is 11.6 Å². The van der Waals surface area contributed by atoms with Gasteiger partial charge in [-0.2, -0.15) is 18.3 Å². The molecular weight excluding hydrogens is 311 g/mol. The number of anilines is 1. The van der Waals surface area contributed by atoms with Crippen LogP contribution in [0.1, 0.15) is 25.7 Å². The van der Waals surface area contributed by atoms with Gasteiger partial charge in [-0.25, -0.2) is 4.68 Å². The lowest BCUT2D eigenvalue weighted by molar-refractivity contribution is -0.143. The van der Waals surface area contributed by atoms with Gasteiger partial charge in [0.1, 0.15) is 11.6 Å². The maximum absolute atomic E-state index is 12.3. The molecule has 0 amide bonds. The second kappa shape index (κ2) is 5.84. The van der Waals surface area contributed by atoms with E-state index in [-0.39, 0.29) is 21.9 Å². The van der Waals surface area contributed by atoms with Crippen molar-refractivity contribution in [3.63, 3.8) is 0 Å². The normalized spacial score (nSPS) is 18.0. The Hall–Kier alpha value is -1.28. The number of hydrogen-bond acceptors (Lipinski definition) is 4. The van der Waals surface area contributed by atoms with Crippen molar-refractivity contribution in [3.8, 4) is 0 Å². The Kier molecular flexibility index (Phi) is 4.48. The fraction of sp³-hybridized carbons (Fsp3) is 0.667. The minimum absolute atomic E-state index is 0.125. The first-order valence-electron chi connectivity index (χ1n) is 6.49. The lowest BCUT2D eigenvalue weighted by Crippen LogP contribution is -2.35. The Bertz CT molecular complexity index is 568. The summed E-state index contributed by atoms with van der Waals surface area (Å²) >= 11 is 5.77. The zero-order valence-corrected chi connectivity index (χ0v) is 11.8. The molecule has 0 unspecified atom stereocenters. The van der Waals surface area contributed by atoms with Crippen molar-refractivity contribution in [1.82, 2.24) is 9.78 Å². The van der Waals surface area contributed by atoms with Gasteiger partial charge in [-0.1, -0.05) is 24.4 Å². The third-order valence-corrected chi connectivity index (χ3v) is 3.82. The molecule has 1 fully saturated rings. The second-order valence-corrected chi connectivity index (χ2v) is 5.61. The summed E-state index contributed by atoms with van der Waals surface area (Å²) < 4.78 is 37.1. The summed E-state index contributed by atoms with van der Waals surface area (Å²) in [5.74, 6) is 0. The number of alkyl halides is 3. The molecule has 9 heteroatoms. The molecule has 0 aromatic carbocycles. The highest BCUT2D eigenvalue weighted by atomic mass is 35.5. The first-order valence-corrected chi connectivity index (χ1v) is 6.87. The Morgan fingerprint density at radius 1 is 1.43 bits per heavy atom. The zero-order chi connectivity index (χ0) is 15.7. The van der Waals surface area contributed by atoms with Crippen molar-refractivity contribution >= 4 is 17.3 Å². The van der Waals surface area contributed by atoms with Gasteiger partial charge >= 0.3 is 6.18 Å². The molecule has 0 spiro atoms. The lowest BCUT2D eigenvalue weighted by atomic mass is 10.0. The predicted molar refractivity (Wildman–Crippen MR) is 71.5 cm³/mol. The Morgan fingerprint density at radius 2 is 2.05 bits per heavy atom. The van der Waals surface area contributed by atoms with Gasteiger partial charge < -0.3 is 10.4 Å². The predicted octanol–water partition coefficient (Wildman–Crippen LogP) is 2.18. The highest BCUT2D eigenvalue weighted by Gasteiger charge is 2.32. The largest absolute Gasteiger partial charge is 0.408 e. The molecule has 1 aromatic rings. The summed E-state index contributed by atoms with van der Waals surface area (Å²) in [5, 5.41) is 16.0. The van der Waals surface area contributed by atoms with Crippen molar-refractivity contribution in [1.29, 1.82) is 0 Å². The van der Waals surface area contributed by atoms with Gasteiger partial charge in [0.2, 0.25) is 0 Å². The molecule has 0 radical (unpaired) electrons. The molecule has 1 heterocycles. The molecule has 1 aliphatic carbocycles. The minimum Gasteiger partial charge on any atom is -0.388 e. The van der Waals surface area contributed by atoms with E-state index in [4.69, 9.17) is 11.6 Å². The van der Waals surface area contributed by atoms with Crippen molar-refractivity contribution < 1.29 is 18.3 Å². The van der Waals surface area contributed by atoms with Crippen LogP contribution in [0.3, 0.4) is 0 Å². The Morgan fingerprint density at radius 3 is 2.62 bits per heavy atom. The van der Waals surface area contributed by atoms with Gasteiger partial charge in [0.25, 0.3) is 5.56 Å². The van der Waals surface area contributed by atoms with Crippen molar-refractivity contribution in [2.24, 2.45) is 0 Å². The maximum Gasteiger partial charge on any atom is 0.408 e. The third-order valence-electron chi connectivity index (χ3n) is 3.46. The lowest BCUT2D eigenvalue weighted by Gasteiger charge is -2.23. The number of hydrogen-bond donors (Lipinski definition) is 2. The molecule has 2 rings (SSSR count). The van der Waals surface area contributed by atoms with E-state index in [1.54, 1.807) is 0 Å². The van der Waals surface area contributed by atoms with Crippen LogP contribution in [0.5, 0.6) is 0 Å². The van der Waals surface area contributed by atoms with Crippen molar-refractivity contribution in [2.45, 2.75) is 44.0 Å². The summed E-state index contributed by atoms with van der Waals surface area (Å²) in [6.45, 7) is -1.31. The van der Waals surface area contributed by atoms with E-state index < -0.39 is 23.9 Å². The standard InChI is InChI=1S/C12H15ClF3N3O2/c13-9-8(17-6-11(21)3-1-2-4-11)5-18-19(10(9)20)7-12(14,15)16/h5,17,21H,1-4,6-7H2. The Balaban J connectivity index is 2.11. The fourth-order valence-electron chi connectivity index (χ4n) is 2.34. The van der Waals surface area contributed by atoms with E-state index in [1.807, 2.05) is 0 Å². The topological polar surface area (TPSA) is 67.2 Å². The molecular formula is C12H15ClF3N3O2. The van der Waals surface area contributed by atoms with Crippen LogP contribution in [-0.4, -0.2) is 33.2 Å². The first kappa shape index (κ1) is 16.1. The fourth-order valence-corrected chi connectivity index (χ4v) is 2.55. The van der Waals surface area contributed by atoms with E-state index in [0.717, 1.165) is 19.0 Å². The average Bonchev–Trinajstić information content (AvgIpc) is 2.80. The molecule has 2 N–H and O–H groups in total. The molecule has 5 nitrogen and oxygen atoms in total. The number of rotatable bonds is 4. The second-order valence-electron chi connectivity index (χ2n) is 5.24. The van der Waals surface area contributed by atoms with Gasteiger partial charge in [0.15, 0.2) is 0 Å². The maximum atomic E-state index is 12.3. The minimum atomic E-state index is -4.55. The molecule has 1 aliphatic rings.